The fourth-order valence-electron chi connectivity index (χ4n) is 3.66. The molecule has 0 heterocycles. The summed E-state index contributed by atoms with van der Waals surface area (Å²) < 4.78 is 20.0. The molecule has 5 heteroatoms. The van der Waals surface area contributed by atoms with Crippen LogP contribution in [0.25, 0.3) is 0 Å². The fourth-order valence-corrected chi connectivity index (χ4v) is 7.84. The lowest BCUT2D eigenvalue weighted by Gasteiger charge is -2.33. The van der Waals surface area contributed by atoms with Crippen molar-refractivity contribution in [1.82, 2.24) is 5.09 Å². The lowest BCUT2D eigenvalue weighted by molar-refractivity contribution is 0.414. The van der Waals surface area contributed by atoms with Crippen LogP contribution in [0.4, 0.5) is 0 Å². The zero-order valence-electron chi connectivity index (χ0n) is 18.6. The Morgan fingerprint density at radius 3 is 1.77 bits per heavy atom. The lowest BCUT2D eigenvalue weighted by Crippen LogP contribution is -2.37. The van der Waals surface area contributed by atoms with E-state index in [9.17, 15) is 4.57 Å². The third-order valence-corrected chi connectivity index (χ3v) is 10.0. The van der Waals surface area contributed by atoms with E-state index in [0.29, 0.717) is 0 Å². The zero-order chi connectivity index (χ0) is 22.5. The number of methoxy groups -OCH3 is 1. The molecule has 160 valence electrons. The molecule has 3 aromatic carbocycles. The molecule has 1 atom stereocenters. The largest absolute Gasteiger partial charge is 0.497 e. The molecule has 0 aliphatic carbocycles. The molecule has 31 heavy (non-hydrogen) atoms. The maximum atomic E-state index is 14.7. The average molecular weight is 448 g/mol. The van der Waals surface area contributed by atoms with Crippen LogP contribution in [0.3, 0.4) is 0 Å². The summed E-state index contributed by atoms with van der Waals surface area (Å²) in [5.41, 5.74) is 4.22. The van der Waals surface area contributed by atoms with Crippen LogP contribution in [0.5, 0.6) is 5.75 Å². The molecule has 1 N–H and O–H groups in total. The van der Waals surface area contributed by atoms with Gasteiger partial charge in [0.25, 0.3) is 0 Å². The fraction of sp³-hybridized carbons (Fsp3) is 0.192. The molecule has 0 saturated carbocycles. The first-order chi connectivity index (χ1) is 14.8. The van der Waals surface area contributed by atoms with Crippen LogP contribution in [-0.2, 0) is 4.57 Å². The predicted molar refractivity (Wildman–Crippen MR) is 135 cm³/mol. The molecule has 3 nitrogen and oxygen atoms in total. The molecule has 0 radical (unpaired) electrons. The quantitative estimate of drug-likeness (QED) is 0.268. The third kappa shape index (κ3) is 5.18. The minimum Gasteiger partial charge on any atom is -0.497 e. The van der Waals surface area contributed by atoms with Gasteiger partial charge in [0, 0.05) is 10.6 Å². The topological polar surface area (TPSA) is 38.3 Å². The van der Waals surface area contributed by atoms with Crippen molar-refractivity contribution in [3.8, 4) is 5.75 Å². The van der Waals surface area contributed by atoms with Gasteiger partial charge in [0.05, 0.1) is 21.2 Å². The zero-order valence-corrected chi connectivity index (χ0v) is 20.5. The highest BCUT2D eigenvalue weighted by Gasteiger charge is 2.35. The number of rotatable bonds is 8. The third-order valence-electron chi connectivity index (χ3n) is 5.29. The number of nitrogens with one attached hydrogen (secondary N) is 1. The highest BCUT2D eigenvalue weighted by molar-refractivity contribution is 7.76. The summed E-state index contributed by atoms with van der Waals surface area (Å²) in [5, 5.41) is 6.23. The van der Waals surface area contributed by atoms with Crippen LogP contribution in [0.15, 0.2) is 102 Å². The maximum absolute atomic E-state index is 14.7. The van der Waals surface area contributed by atoms with Crippen molar-refractivity contribution < 1.29 is 9.30 Å². The van der Waals surface area contributed by atoms with Crippen molar-refractivity contribution in [2.75, 3.05) is 7.11 Å². The van der Waals surface area contributed by atoms with Crippen LogP contribution in [0.2, 0.25) is 19.6 Å². The first-order valence-corrected chi connectivity index (χ1v) is 15.5. The smallest absolute Gasteiger partial charge is 0.205 e. The van der Waals surface area contributed by atoms with Crippen LogP contribution >= 0.6 is 7.29 Å². The van der Waals surface area contributed by atoms with Crippen molar-refractivity contribution >= 4 is 26.0 Å². The molecule has 0 saturated heterocycles. The molecule has 0 amide bonds. The van der Waals surface area contributed by atoms with E-state index in [-0.39, 0.29) is 6.04 Å². The van der Waals surface area contributed by atoms with Gasteiger partial charge in [0.2, 0.25) is 7.29 Å². The number of benzene rings is 3. The molecule has 0 bridgehead atoms. The van der Waals surface area contributed by atoms with Crippen LogP contribution in [0.1, 0.15) is 11.6 Å². The van der Waals surface area contributed by atoms with Gasteiger partial charge >= 0.3 is 0 Å². The predicted octanol–water partition coefficient (Wildman–Crippen LogP) is 5.84. The molecular weight excluding hydrogens is 417 g/mol. The van der Waals surface area contributed by atoms with Gasteiger partial charge < -0.3 is 4.74 Å². The Morgan fingerprint density at radius 1 is 0.903 bits per heavy atom. The van der Waals surface area contributed by atoms with Crippen molar-refractivity contribution in [2.24, 2.45) is 0 Å². The van der Waals surface area contributed by atoms with E-state index >= 15 is 0 Å². The van der Waals surface area contributed by atoms with Gasteiger partial charge in [-0.25, -0.2) is 5.09 Å². The summed E-state index contributed by atoms with van der Waals surface area (Å²) >= 11 is 0. The summed E-state index contributed by atoms with van der Waals surface area (Å²) in [5.74, 6) is 0.786. The van der Waals surface area contributed by atoms with E-state index in [2.05, 4.69) is 37.0 Å². The highest BCUT2D eigenvalue weighted by Crippen LogP contribution is 2.44. The molecular formula is C26H30NO2PSi. The molecule has 3 aromatic rings. The van der Waals surface area contributed by atoms with Gasteiger partial charge in [-0.15, -0.1) is 5.73 Å². The van der Waals surface area contributed by atoms with Gasteiger partial charge in [-0.05, 0) is 47.2 Å². The normalized spacial score (nSPS) is 12.6. The average Bonchev–Trinajstić information content (AvgIpc) is 2.79. The van der Waals surface area contributed by atoms with E-state index in [1.54, 1.807) is 7.11 Å². The van der Waals surface area contributed by atoms with Crippen molar-refractivity contribution in [3.05, 3.63) is 108 Å². The molecule has 0 fully saturated rings. The Hall–Kier alpha value is -2.61. The first kappa shape index (κ1) is 23.1. The Kier molecular flexibility index (Phi) is 7.20. The number of hydrogen-bond donors (Lipinski definition) is 1. The molecule has 0 unspecified atom stereocenters. The van der Waals surface area contributed by atoms with E-state index in [0.717, 1.165) is 27.1 Å². The lowest BCUT2D eigenvalue weighted by atomic mass is 10.1. The summed E-state index contributed by atoms with van der Waals surface area (Å²) in [6.45, 7) is 10.8. The van der Waals surface area contributed by atoms with Gasteiger partial charge in [0.1, 0.15) is 5.75 Å². The van der Waals surface area contributed by atoms with E-state index in [4.69, 9.17) is 4.74 Å². The Labute approximate surface area is 186 Å². The number of ether oxygens (including phenoxy) is 1. The summed E-state index contributed by atoms with van der Waals surface area (Å²) in [4.78, 5) is 0. The van der Waals surface area contributed by atoms with Crippen molar-refractivity contribution in [1.29, 1.82) is 0 Å². The van der Waals surface area contributed by atoms with Gasteiger partial charge in [0.15, 0.2) is 0 Å². The Bertz CT molecular complexity index is 1060. The van der Waals surface area contributed by atoms with E-state index in [1.165, 1.54) is 0 Å². The van der Waals surface area contributed by atoms with E-state index in [1.807, 2.05) is 84.9 Å². The standard InChI is InChI=1S/C26H30NO2PSi/c1-6-25(31(3,4)5)26(21-17-19-22(29-2)20-18-21)27-30(28,23-13-9-7-10-14-23)24-15-11-8-12-16-24/h7-20,26H,1H2,2-5H3,(H,27,28)/t26-/m1/s1. The minimum absolute atomic E-state index is 0.277. The molecule has 3 rings (SSSR count). The Morgan fingerprint density at radius 2 is 1.39 bits per heavy atom. The van der Waals surface area contributed by atoms with Crippen LogP contribution < -0.4 is 20.4 Å². The van der Waals surface area contributed by atoms with Crippen molar-refractivity contribution in [2.45, 2.75) is 25.7 Å². The molecule has 0 aliphatic heterocycles. The first-order valence-electron chi connectivity index (χ1n) is 10.3. The Balaban J connectivity index is 2.19. The van der Waals surface area contributed by atoms with Gasteiger partial charge in [-0.1, -0.05) is 74.8 Å². The second-order valence-corrected chi connectivity index (χ2v) is 16.0. The second-order valence-electron chi connectivity index (χ2n) is 8.46. The van der Waals surface area contributed by atoms with Crippen LogP contribution in [-0.4, -0.2) is 15.2 Å². The SMILES string of the molecule is C=C=C([C@H](NP(=O)(c1ccccc1)c1ccccc1)c1ccc(OC)cc1)[Si](C)(C)C. The molecule has 0 spiro atoms. The monoisotopic (exact) mass is 447 g/mol. The highest BCUT2D eigenvalue weighted by atomic mass is 31.2. The summed E-state index contributed by atoms with van der Waals surface area (Å²) in [6.07, 6.45) is 0. The van der Waals surface area contributed by atoms with Gasteiger partial charge in [-0.3, -0.25) is 4.57 Å². The maximum Gasteiger partial charge on any atom is 0.205 e. The summed E-state index contributed by atoms with van der Waals surface area (Å²) in [7, 11) is -3.32. The molecule has 0 aliphatic rings. The number of hydrogen-bond acceptors (Lipinski definition) is 2. The van der Waals surface area contributed by atoms with E-state index < -0.39 is 15.4 Å². The second kappa shape index (κ2) is 9.68. The minimum atomic E-state index is -3.15. The van der Waals surface area contributed by atoms with Crippen LogP contribution in [0, 0.1) is 0 Å². The summed E-state index contributed by atoms with van der Waals surface area (Å²) in [6, 6.07) is 26.9. The van der Waals surface area contributed by atoms with Gasteiger partial charge in [-0.2, -0.15) is 0 Å². The molecule has 0 aromatic heterocycles. The van der Waals surface area contributed by atoms with Crippen molar-refractivity contribution in [3.63, 3.8) is 0 Å².